The Bertz CT molecular complexity index is 230. The van der Waals surface area contributed by atoms with Gasteiger partial charge in [0.2, 0.25) is 0 Å². The second-order valence-corrected chi connectivity index (χ2v) is 2.56. The smallest absolute Gasteiger partial charge is 0.0832 e. The van der Waals surface area contributed by atoms with Crippen LogP contribution >= 0.6 is 0 Å². The second-order valence-electron chi connectivity index (χ2n) is 2.56. The number of nitrogens with zero attached hydrogens (tertiary/aromatic N) is 1. The molecule has 0 saturated heterocycles. The summed E-state index contributed by atoms with van der Waals surface area (Å²) < 4.78 is 2.00. The van der Waals surface area contributed by atoms with Gasteiger partial charge in [-0.1, -0.05) is 0 Å². The van der Waals surface area contributed by atoms with Crippen LogP contribution < -0.4 is 5.32 Å². The van der Waals surface area contributed by atoms with Gasteiger partial charge < -0.3 is 15.0 Å². The Kier molecular flexibility index (Phi) is 2.68. The van der Waals surface area contributed by atoms with Crippen LogP contribution in [0.2, 0.25) is 0 Å². The van der Waals surface area contributed by atoms with Crippen LogP contribution in [-0.2, 0) is 20.2 Å². The second kappa shape index (κ2) is 3.55. The van der Waals surface area contributed by atoms with Crippen molar-refractivity contribution in [2.45, 2.75) is 13.2 Å². The summed E-state index contributed by atoms with van der Waals surface area (Å²) in [4.78, 5) is 0. The van der Waals surface area contributed by atoms with Gasteiger partial charge in [0.15, 0.2) is 0 Å². The summed E-state index contributed by atoms with van der Waals surface area (Å²) in [5.74, 6) is 0. The summed E-state index contributed by atoms with van der Waals surface area (Å²) in [5, 5.41) is 11.9. The standard InChI is InChI=1S/C8H14N2O/c1-9-5-7-3-4-8(6-11)10(7)2/h3-4,9,11H,5-6H2,1-2H3. The Morgan fingerprint density at radius 1 is 1.45 bits per heavy atom. The van der Waals surface area contributed by atoms with E-state index >= 15 is 0 Å². The summed E-state index contributed by atoms with van der Waals surface area (Å²) in [6.07, 6.45) is 0. The Morgan fingerprint density at radius 3 is 2.55 bits per heavy atom. The first kappa shape index (κ1) is 8.30. The van der Waals surface area contributed by atoms with Crippen LogP contribution in [0.1, 0.15) is 11.4 Å². The van der Waals surface area contributed by atoms with Crippen molar-refractivity contribution in [1.29, 1.82) is 0 Å². The SMILES string of the molecule is CNCc1ccc(CO)n1C. The van der Waals surface area contributed by atoms with Crippen LogP contribution in [0.4, 0.5) is 0 Å². The fraction of sp³-hybridized carbons (Fsp3) is 0.500. The quantitative estimate of drug-likeness (QED) is 0.654. The maximum absolute atomic E-state index is 8.86. The highest BCUT2D eigenvalue weighted by atomic mass is 16.3. The third-order valence-corrected chi connectivity index (χ3v) is 1.85. The number of nitrogens with one attached hydrogen (secondary N) is 1. The Hall–Kier alpha value is -0.800. The number of aromatic nitrogens is 1. The van der Waals surface area contributed by atoms with E-state index in [2.05, 4.69) is 5.32 Å². The largest absolute Gasteiger partial charge is 0.390 e. The highest BCUT2D eigenvalue weighted by molar-refractivity contribution is 5.14. The number of hydrogen-bond acceptors (Lipinski definition) is 2. The van der Waals surface area contributed by atoms with E-state index in [1.54, 1.807) is 0 Å². The van der Waals surface area contributed by atoms with Gasteiger partial charge in [0.25, 0.3) is 0 Å². The molecule has 0 unspecified atom stereocenters. The summed E-state index contributed by atoms with van der Waals surface area (Å²) in [7, 11) is 3.86. The highest BCUT2D eigenvalue weighted by Gasteiger charge is 2.00. The average molecular weight is 154 g/mol. The van der Waals surface area contributed by atoms with E-state index in [0.717, 1.165) is 12.2 Å². The first-order valence-electron chi connectivity index (χ1n) is 3.68. The topological polar surface area (TPSA) is 37.2 Å². The molecule has 1 rings (SSSR count). The zero-order chi connectivity index (χ0) is 8.27. The molecule has 0 bridgehead atoms. The van der Waals surface area contributed by atoms with E-state index in [4.69, 9.17) is 5.11 Å². The summed E-state index contributed by atoms with van der Waals surface area (Å²) in [5.41, 5.74) is 2.15. The minimum atomic E-state index is 0.111. The predicted octanol–water partition coefficient (Wildman–Crippen LogP) is 0.237. The fourth-order valence-electron chi connectivity index (χ4n) is 1.12. The van der Waals surface area contributed by atoms with Crippen LogP contribution in [-0.4, -0.2) is 16.7 Å². The minimum absolute atomic E-state index is 0.111. The van der Waals surface area contributed by atoms with Crippen molar-refractivity contribution in [3.05, 3.63) is 23.5 Å². The number of aliphatic hydroxyl groups excluding tert-OH is 1. The molecule has 0 saturated carbocycles. The molecule has 0 amide bonds. The van der Waals surface area contributed by atoms with Gasteiger partial charge in [-0.2, -0.15) is 0 Å². The van der Waals surface area contributed by atoms with E-state index < -0.39 is 0 Å². The summed E-state index contributed by atoms with van der Waals surface area (Å²) >= 11 is 0. The third-order valence-electron chi connectivity index (χ3n) is 1.85. The molecule has 3 heteroatoms. The third kappa shape index (κ3) is 1.61. The van der Waals surface area contributed by atoms with Crippen molar-refractivity contribution in [3.8, 4) is 0 Å². The van der Waals surface area contributed by atoms with Gasteiger partial charge in [-0.25, -0.2) is 0 Å². The summed E-state index contributed by atoms with van der Waals surface area (Å²) in [6.45, 7) is 0.955. The monoisotopic (exact) mass is 154 g/mol. The number of aliphatic hydroxyl groups is 1. The molecular formula is C8H14N2O. The fourth-order valence-corrected chi connectivity index (χ4v) is 1.12. The molecule has 0 fully saturated rings. The van der Waals surface area contributed by atoms with Crippen LogP contribution in [0.15, 0.2) is 12.1 Å². The number of hydrogen-bond donors (Lipinski definition) is 2. The van der Waals surface area contributed by atoms with E-state index in [9.17, 15) is 0 Å². The average Bonchev–Trinajstić information content (AvgIpc) is 2.34. The molecule has 1 aromatic rings. The Labute approximate surface area is 66.7 Å². The van der Waals surface area contributed by atoms with Crippen molar-refractivity contribution < 1.29 is 5.11 Å². The first-order valence-corrected chi connectivity index (χ1v) is 3.68. The van der Waals surface area contributed by atoms with Gasteiger partial charge in [-0.15, -0.1) is 0 Å². The molecule has 3 nitrogen and oxygen atoms in total. The molecule has 1 aromatic heterocycles. The van der Waals surface area contributed by atoms with Crippen molar-refractivity contribution in [1.82, 2.24) is 9.88 Å². The molecule has 0 aliphatic heterocycles. The molecular weight excluding hydrogens is 140 g/mol. The Balaban J connectivity index is 2.82. The molecule has 0 radical (unpaired) electrons. The van der Waals surface area contributed by atoms with Crippen molar-refractivity contribution in [2.75, 3.05) is 7.05 Å². The molecule has 0 aliphatic rings. The maximum Gasteiger partial charge on any atom is 0.0832 e. The van der Waals surface area contributed by atoms with Gasteiger partial charge in [0.05, 0.1) is 6.61 Å². The van der Waals surface area contributed by atoms with E-state index in [1.165, 1.54) is 5.69 Å². The van der Waals surface area contributed by atoms with Gasteiger partial charge >= 0.3 is 0 Å². The van der Waals surface area contributed by atoms with E-state index in [-0.39, 0.29) is 6.61 Å². The molecule has 0 aromatic carbocycles. The van der Waals surface area contributed by atoms with Crippen molar-refractivity contribution in [2.24, 2.45) is 7.05 Å². The van der Waals surface area contributed by atoms with Gasteiger partial charge in [0.1, 0.15) is 0 Å². The van der Waals surface area contributed by atoms with E-state index in [1.807, 2.05) is 30.8 Å². The maximum atomic E-state index is 8.86. The highest BCUT2D eigenvalue weighted by Crippen LogP contribution is 2.06. The lowest BCUT2D eigenvalue weighted by molar-refractivity contribution is 0.272. The van der Waals surface area contributed by atoms with Crippen LogP contribution in [0.5, 0.6) is 0 Å². The molecule has 0 atom stereocenters. The predicted molar refractivity (Wildman–Crippen MR) is 44.1 cm³/mol. The molecule has 0 spiro atoms. The minimum Gasteiger partial charge on any atom is -0.390 e. The van der Waals surface area contributed by atoms with Gasteiger partial charge in [-0.05, 0) is 19.2 Å². The Morgan fingerprint density at radius 2 is 2.09 bits per heavy atom. The zero-order valence-electron chi connectivity index (χ0n) is 6.96. The molecule has 1 heterocycles. The van der Waals surface area contributed by atoms with Crippen LogP contribution in [0.3, 0.4) is 0 Å². The van der Waals surface area contributed by atoms with Crippen molar-refractivity contribution >= 4 is 0 Å². The molecule has 2 N–H and O–H groups in total. The lowest BCUT2D eigenvalue weighted by atomic mass is 10.4. The van der Waals surface area contributed by atoms with Crippen LogP contribution in [0, 0.1) is 0 Å². The van der Waals surface area contributed by atoms with E-state index in [0.29, 0.717) is 0 Å². The van der Waals surface area contributed by atoms with Crippen LogP contribution in [0.25, 0.3) is 0 Å². The van der Waals surface area contributed by atoms with Crippen molar-refractivity contribution in [3.63, 3.8) is 0 Å². The normalized spacial score (nSPS) is 10.5. The molecule has 62 valence electrons. The van der Waals surface area contributed by atoms with Gasteiger partial charge in [-0.3, -0.25) is 0 Å². The molecule has 11 heavy (non-hydrogen) atoms. The number of rotatable bonds is 3. The lowest BCUT2D eigenvalue weighted by Gasteiger charge is -2.04. The zero-order valence-corrected chi connectivity index (χ0v) is 6.96. The molecule has 0 aliphatic carbocycles. The first-order chi connectivity index (χ1) is 5.29. The summed E-state index contributed by atoms with van der Waals surface area (Å²) in [6, 6.07) is 3.95. The lowest BCUT2D eigenvalue weighted by Crippen LogP contribution is -2.10. The van der Waals surface area contributed by atoms with Gasteiger partial charge in [0, 0.05) is 25.0 Å².